The van der Waals surface area contributed by atoms with Crippen molar-refractivity contribution in [2.75, 3.05) is 27.4 Å². The van der Waals surface area contributed by atoms with Crippen LogP contribution in [0.25, 0.3) is 0 Å². The van der Waals surface area contributed by atoms with Crippen LogP contribution >= 0.6 is 0 Å². The van der Waals surface area contributed by atoms with E-state index >= 15 is 0 Å². The molecule has 1 heterocycles. The van der Waals surface area contributed by atoms with Gasteiger partial charge < -0.3 is 0 Å². The van der Waals surface area contributed by atoms with E-state index in [9.17, 15) is 0 Å². The first kappa shape index (κ1) is 6.99. The van der Waals surface area contributed by atoms with Crippen LogP contribution in [0, 0.1) is 0 Å². The van der Waals surface area contributed by atoms with E-state index in [2.05, 4.69) is 36.1 Å². The molecule has 0 saturated carbocycles. The van der Waals surface area contributed by atoms with Gasteiger partial charge in [-0.25, -0.2) is 0 Å². The monoisotopic (exact) mass is 129 g/mol. The average Bonchev–Trinajstić information content (AvgIpc) is 1.83. The van der Waals surface area contributed by atoms with Gasteiger partial charge >= 0.3 is 0 Å². The topological polar surface area (TPSA) is 18.5 Å². The van der Waals surface area contributed by atoms with Gasteiger partial charge in [0.1, 0.15) is 0 Å². The summed E-state index contributed by atoms with van der Waals surface area (Å²) in [5, 5.41) is 3.27. The van der Waals surface area contributed by atoms with E-state index in [4.69, 9.17) is 0 Å². The third kappa shape index (κ3) is 1.41. The van der Waals surface area contributed by atoms with Gasteiger partial charge in [-0.2, -0.15) is 0 Å². The fourth-order valence-corrected chi connectivity index (χ4v) is 1.00. The van der Waals surface area contributed by atoms with Gasteiger partial charge in [0.15, 0.2) is 0 Å². The quantitative estimate of drug-likeness (QED) is 0.485. The van der Waals surface area contributed by atoms with Gasteiger partial charge in [-0.1, -0.05) is 0 Å². The molecule has 1 N–H and O–H groups in total. The van der Waals surface area contributed by atoms with Crippen molar-refractivity contribution in [3.8, 4) is 0 Å². The Hall–Kier alpha value is -0.120. The van der Waals surface area contributed by atoms with Crippen LogP contribution in [0.1, 0.15) is 6.92 Å². The summed E-state index contributed by atoms with van der Waals surface area (Å²) >= 11 is 0. The fourth-order valence-electron chi connectivity index (χ4n) is 1.00. The molecule has 0 unspecified atom stereocenters. The van der Waals surface area contributed by atoms with Crippen molar-refractivity contribution in [2.24, 2.45) is 0 Å². The van der Waals surface area contributed by atoms with E-state index in [0.717, 1.165) is 13.3 Å². The second-order valence-electron chi connectivity index (χ2n) is 2.71. The zero-order valence-corrected chi connectivity index (χ0v) is 6.39. The Kier molecular flexibility index (Phi) is 2.05. The molecule has 0 radical (unpaired) electrons. The van der Waals surface area contributed by atoms with Gasteiger partial charge in [-0.15, -0.1) is 0 Å². The van der Waals surface area contributed by atoms with Crippen LogP contribution in [-0.2, 0) is 0 Å². The predicted molar refractivity (Wildman–Crippen MR) is 37.9 cm³/mol. The summed E-state index contributed by atoms with van der Waals surface area (Å²) in [4.78, 5) is 4.53. The Balaban J connectivity index is 2.41. The molecule has 0 aliphatic carbocycles. The molecular formula is C6H15N3. The first-order valence-corrected chi connectivity index (χ1v) is 3.33. The Labute approximate surface area is 56.6 Å². The van der Waals surface area contributed by atoms with Crippen molar-refractivity contribution in [3.63, 3.8) is 0 Å². The molecule has 1 saturated heterocycles. The van der Waals surface area contributed by atoms with E-state index in [1.807, 2.05) is 0 Å². The molecular weight excluding hydrogens is 114 g/mol. The van der Waals surface area contributed by atoms with Gasteiger partial charge in [0.2, 0.25) is 0 Å². The summed E-state index contributed by atoms with van der Waals surface area (Å²) in [6.45, 7) is 4.22. The zero-order valence-electron chi connectivity index (χ0n) is 6.39. The summed E-state index contributed by atoms with van der Waals surface area (Å²) in [5.41, 5.74) is 0. The maximum Gasteiger partial charge on any atom is 0.0609 e. The lowest BCUT2D eigenvalue weighted by atomic mass is 10.4. The predicted octanol–water partition coefficient (Wildman–Crippen LogP) is -0.286. The van der Waals surface area contributed by atoms with Gasteiger partial charge in [-0.05, 0) is 21.0 Å². The summed E-state index contributed by atoms with van der Waals surface area (Å²) in [5.74, 6) is 0. The summed E-state index contributed by atoms with van der Waals surface area (Å²) in [6, 6.07) is 0. The molecule has 54 valence electrons. The molecule has 1 rings (SSSR count). The fraction of sp³-hybridized carbons (Fsp3) is 1.00. The van der Waals surface area contributed by atoms with Crippen molar-refractivity contribution < 1.29 is 0 Å². The van der Waals surface area contributed by atoms with Crippen molar-refractivity contribution in [1.29, 1.82) is 0 Å². The smallest absolute Gasteiger partial charge is 0.0609 e. The van der Waals surface area contributed by atoms with Crippen LogP contribution in [0.4, 0.5) is 0 Å². The van der Waals surface area contributed by atoms with Crippen LogP contribution in [0.5, 0.6) is 0 Å². The highest BCUT2D eigenvalue weighted by Crippen LogP contribution is 2.01. The third-order valence-corrected chi connectivity index (χ3v) is 2.00. The van der Waals surface area contributed by atoms with Crippen LogP contribution in [0.2, 0.25) is 0 Å². The van der Waals surface area contributed by atoms with Gasteiger partial charge in [-0.3, -0.25) is 15.1 Å². The third-order valence-electron chi connectivity index (χ3n) is 2.00. The zero-order chi connectivity index (χ0) is 6.85. The molecule has 0 spiro atoms. The average molecular weight is 129 g/mol. The Bertz CT molecular complexity index is 84.3. The molecule has 9 heavy (non-hydrogen) atoms. The van der Waals surface area contributed by atoms with Crippen LogP contribution in [0.3, 0.4) is 0 Å². The van der Waals surface area contributed by atoms with Crippen molar-refractivity contribution in [3.05, 3.63) is 0 Å². The molecule has 0 bridgehead atoms. The van der Waals surface area contributed by atoms with E-state index in [1.54, 1.807) is 0 Å². The minimum Gasteiger partial charge on any atom is -0.291 e. The van der Waals surface area contributed by atoms with E-state index in [0.29, 0.717) is 6.17 Å². The van der Waals surface area contributed by atoms with E-state index < -0.39 is 0 Å². The minimum absolute atomic E-state index is 0.575. The highest BCUT2D eigenvalue weighted by Gasteiger charge is 2.17. The lowest BCUT2D eigenvalue weighted by molar-refractivity contribution is 0.0372. The van der Waals surface area contributed by atoms with Crippen molar-refractivity contribution in [1.82, 2.24) is 15.1 Å². The van der Waals surface area contributed by atoms with E-state index in [-0.39, 0.29) is 0 Å². The second-order valence-corrected chi connectivity index (χ2v) is 2.71. The molecule has 0 atom stereocenters. The normalized spacial score (nSPS) is 27.0. The standard InChI is InChI=1S/C6H15N3/c1-6-8(2)4-7-5-9(6)3/h6-7H,4-5H2,1-3H3. The molecule has 0 amide bonds. The first-order chi connectivity index (χ1) is 4.22. The summed E-state index contributed by atoms with van der Waals surface area (Å²) in [7, 11) is 4.24. The maximum absolute atomic E-state index is 3.27. The largest absolute Gasteiger partial charge is 0.291 e. The van der Waals surface area contributed by atoms with Crippen molar-refractivity contribution >= 4 is 0 Å². The molecule has 1 aliphatic rings. The summed E-state index contributed by atoms with van der Waals surface area (Å²) < 4.78 is 0. The lowest BCUT2D eigenvalue weighted by Gasteiger charge is -2.38. The first-order valence-electron chi connectivity index (χ1n) is 3.33. The molecule has 0 aromatic rings. The minimum atomic E-state index is 0.575. The van der Waals surface area contributed by atoms with E-state index in [1.165, 1.54) is 0 Å². The Morgan fingerprint density at radius 2 is 1.67 bits per heavy atom. The number of rotatable bonds is 0. The molecule has 3 nitrogen and oxygen atoms in total. The van der Waals surface area contributed by atoms with Gasteiger partial charge in [0.05, 0.1) is 19.5 Å². The van der Waals surface area contributed by atoms with Crippen LogP contribution in [-0.4, -0.2) is 43.4 Å². The van der Waals surface area contributed by atoms with Crippen LogP contribution in [0.15, 0.2) is 0 Å². The number of hydrogen-bond acceptors (Lipinski definition) is 3. The number of hydrogen-bond donors (Lipinski definition) is 1. The molecule has 0 aromatic carbocycles. The lowest BCUT2D eigenvalue weighted by Crippen LogP contribution is -2.55. The van der Waals surface area contributed by atoms with Crippen LogP contribution < -0.4 is 5.32 Å². The highest BCUT2D eigenvalue weighted by molar-refractivity contribution is 4.66. The van der Waals surface area contributed by atoms with Crippen molar-refractivity contribution in [2.45, 2.75) is 13.1 Å². The molecule has 1 aliphatic heterocycles. The number of nitrogens with one attached hydrogen (secondary N) is 1. The van der Waals surface area contributed by atoms with Gasteiger partial charge in [0.25, 0.3) is 0 Å². The maximum atomic E-state index is 3.27. The Morgan fingerprint density at radius 1 is 1.22 bits per heavy atom. The highest BCUT2D eigenvalue weighted by atomic mass is 15.4. The Morgan fingerprint density at radius 3 is 2.00 bits per heavy atom. The summed E-state index contributed by atoms with van der Waals surface area (Å²) in [6.07, 6.45) is 0.575. The molecule has 1 fully saturated rings. The molecule has 0 aromatic heterocycles. The molecule has 3 heteroatoms. The SMILES string of the molecule is CC1N(C)CNCN1C. The number of nitrogens with zero attached hydrogens (tertiary/aromatic N) is 2. The second kappa shape index (κ2) is 2.64. The van der Waals surface area contributed by atoms with Gasteiger partial charge in [0, 0.05) is 0 Å².